The van der Waals surface area contributed by atoms with Gasteiger partial charge in [-0.15, -0.1) is 0 Å². The molecule has 0 saturated carbocycles. The van der Waals surface area contributed by atoms with Crippen LogP contribution in [0.5, 0.6) is 0 Å². The van der Waals surface area contributed by atoms with Crippen molar-refractivity contribution < 1.29 is 4.12 Å². The van der Waals surface area contributed by atoms with Gasteiger partial charge in [0.15, 0.2) is 16.2 Å². The van der Waals surface area contributed by atoms with Gasteiger partial charge in [-0.1, -0.05) is 68.6 Å². The summed E-state index contributed by atoms with van der Waals surface area (Å²) in [4.78, 5) is 2.88. The minimum absolute atomic E-state index is 0.162. The third kappa shape index (κ3) is 4.33. The van der Waals surface area contributed by atoms with Gasteiger partial charge in [0.05, 0.1) is 20.5 Å². The summed E-state index contributed by atoms with van der Waals surface area (Å²) in [6.07, 6.45) is 1.18. The molecule has 1 aliphatic rings. The van der Waals surface area contributed by atoms with Gasteiger partial charge in [0.1, 0.15) is 0 Å². The summed E-state index contributed by atoms with van der Waals surface area (Å²) in [7, 11) is -4.79. The Bertz CT molecular complexity index is 758. The summed E-state index contributed by atoms with van der Waals surface area (Å²) in [6.45, 7) is 27.7. The first-order valence-corrected chi connectivity index (χ1v) is 24.7. The van der Waals surface area contributed by atoms with E-state index in [1.54, 1.807) is 11.1 Å². The molecule has 0 fully saturated rings. The lowest BCUT2D eigenvalue weighted by Crippen LogP contribution is -2.87. The number of hydrogen-bond acceptors (Lipinski definition) is 2. The molecule has 0 radical (unpaired) electrons. The van der Waals surface area contributed by atoms with Gasteiger partial charge in [0, 0.05) is 12.7 Å². The summed E-state index contributed by atoms with van der Waals surface area (Å²) < 4.78 is 7.63. The molecule has 0 unspecified atom stereocenters. The number of para-hydroxylation sites is 1. The van der Waals surface area contributed by atoms with Crippen LogP contribution in [-0.2, 0) is 4.12 Å². The molecule has 0 aliphatic carbocycles. The number of allylic oxidation sites excluding steroid dienone is 1. The molecular formula is C23H45NOSi4. The van der Waals surface area contributed by atoms with Crippen molar-refractivity contribution in [3.05, 3.63) is 41.5 Å². The van der Waals surface area contributed by atoms with E-state index in [1.807, 2.05) is 0 Å². The maximum Gasteiger partial charge on any atom is 0.192 e. The van der Waals surface area contributed by atoms with Gasteiger partial charge in [-0.05, 0) is 58.1 Å². The summed E-state index contributed by atoms with van der Waals surface area (Å²) in [5.41, 5.74) is 4.58. The van der Waals surface area contributed by atoms with Crippen molar-refractivity contribution in [3.8, 4) is 0 Å². The fourth-order valence-electron chi connectivity index (χ4n) is 5.67. The highest BCUT2D eigenvalue weighted by Crippen LogP contribution is 2.53. The molecule has 1 aromatic rings. The van der Waals surface area contributed by atoms with Crippen LogP contribution in [0.25, 0.3) is 0 Å². The van der Waals surface area contributed by atoms with E-state index in [9.17, 15) is 0 Å². The average Bonchev–Trinajstić information content (AvgIpc) is 2.54. The molecule has 0 amide bonds. The SMILES string of the molecule is CC1=C(C)C[Si@](O[Si](C)(C)C)([Si](C)(C)C)[C@](N(C)c2ccccc2)([Si](C)(C)C)C1. The normalized spacial score (nSPS) is 26.6. The van der Waals surface area contributed by atoms with Gasteiger partial charge in [-0.25, -0.2) is 0 Å². The van der Waals surface area contributed by atoms with Gasteiger partial charge in [0.2, 0.25) is 0 Å². The Labute approximate surface area is 184 Å². The smallest absolute Gasteiger partial charge is 0.192 e. The number of benzene rings is 1. The van der Waals surface area contributed by atoms with Crippen molar-refractivity contribution in [2.24, 2.45) is 0 Å². The van der Waals surface area contributed by atoms with Crippen LogP contribution >= 0.6 is 0 Å². The monoisotopic (exact) mass is 463 g/mol. The van der Waals surface area contributed by atoms with Gasteiger partial charge >= 0.3 is 0 Å². The second kappa shape index (κ2) is 7.93. The summed E-state index contributed by atoms with van der Waals surface area (Å²) >= 11 is 0. The Hall–Kier alpha value is -0.412. The van der Waals surface area contributed by atoms with Gasteiger partial charge in [0.25, 0.3) is 0 Å². The molecular weight excluding hydrogens is 419 g/mol. The van der Waals surface area contributed by atoms with E-state index >= 15 is 0 Å². The van der Waals surface area contributed by atoms with E-state index in [4.69, 9.17) is 4.12 Å². The third-order valence-corrected chi connectivity index (χ3v) is 33.4. The molecule has 1 aliphatic heterocycles. The van der Waals surface area contributed by atoms with Crippen LogP contribution in [-0.4, -0.2) is 43.7 Å². The number of nitrogens with zero attached hydrogens (tertiary/aromatic N) is 1. The predicted molar refractivity (Wildman–Crippen MR) is 142 cm³/mol. The number of rotatable bonds is 6. The molecule has 0 aromatic heterocycles. The van der Waals surface area contributed by atoms with Crippen LogP contribution in [0.2, 0.25) is 65.0 Å². The van der Waals surface area contributed by atoms with Crippen molar-refractivity contribution in [2.75, 3.05) is 11.9 Å². The molecule has 0 saturated heterocycles. The lowest BCUT2D eigenvalue weighted by Gasteiger charge is -2.67. The largest absolute Gasteiger partial charge is 0.456 e. The topological polar surface area (TPSA) is 12.5 Å². The highest BCUT2D eigenvalue weighted by Gasteiger charge is 2.70. The first kappa shape index (κ1) is 24.9. The van der Waals surface area contributed by atoms with Gasteiger partial charge < -0.3 is 9.02 Å². The Morgan fingerprint density at radius 3 is 1.79 bits per heavy atom. The molecule has 0 bridgehead atoms. The zero-order valence-corrected chi connectivity index (χ0v) is 25.2. The zero-order valence-electron chi connectivity index (χ0n) is 21.2. The third-order valence-electron chi connectivity index (χ3n) is 7.08. The van der Waals surface area contributed by atoms with Crippen LogP contribution in [0.1, 0.15) is 20.3 Å². The van der Waals surface area contributed by atoms with E-state index in [1.165, 1.54) is 18.2 Å². The van der Waals surface area contributed by atoms with E-state index in [2.05, 4.69) is 115 Å². The Kier molecular flexibility index (Phi) is 6.80. The molecule has 29 heavy (non-hydrogen) atoms. The second-order valence-corrected chi connectivity index (χ2v) is 37.3. The molecule has 6 heteroatoms. The Balaban J connectivity index is 2.95. The quantitative estimate of drug-likeness (QED) is 0.326. The fourth-order valence-corrected chi connectivity index (χ4v) is 43.0. The maximum atomic E-state index is 7.63. The second-order valence-electron chi connectivity index (χ2n) is 12.2. The van der Waals surface area contributed by atoms with E-state index < -0.39 is 31.8 Å². The standard InChI is InChI=1S/C23H45NOSi4/c1-20-18-23(26(4,5)6,24(3)22-16-14-13-15-17-22)29(19-21(20)2,28(10,11)12)25-27(7,8)9/h13-17H,18-19H2,1-12H3/t23-,29+/m1/s1. The van der Waals surface area contributed by atoms with Crippen LogP contribution in [0, 0.1) is 0 Å². The van der Waals surface area contributed by atoms with Crippen molar-refractivity contribution >= 4 is 37.5 Å². The number of hydrogen-bond donors (Lipinski definition) is 0. The Morgan fingerprint density at radius 2 is 1.38 bits per heavy atom. The first-order chi connectivity index (χ1) is 13.0. The molecule has 0 N–H and O–H groups in total. The van der Waals surface area contributed by atoms with Crippen LogP contribution in [0.4, 0.5) is 5.69 Å². The zero-order chi connectivity index (χ0) is 22.5. The molecule has 1 aromatic carbocycles. The van der Waals surface area contributed by atoms with Gasteiger partial charge in [-0.2, -0.15) is 0 Å². The van der Waals surface area contributed by atoms with Crippen molar-refractivity contribution in [3.63, 3.8) is 0 Å². The fraction of sp³-hybridized carbons (Fsp3) is 0.652. The molecule has 2 nitrogen and oxygen atoms in total. The van der Waals surface area contributed by atoms with Crippen molar-refractivity contribution in [2.45, 2.75) is 90.0 Å². The predicted octanol–water partition coefficient (Wildman–Crippen LogP) is 7.23. The lowest BCUT2D eigenvalue weighted by atomic mass is 10.1. The summed E-state index contributed by atoms with van der Waals surface area (Å²) in [5, 5.41) is 0. The highest BCUT2D eigenvalue weighted by atomic mass is 29.3. The summed E-state index contributed by atoms with van der Waals surface area (Å²) in [5.74, 6) is 0. The average molecular weight is 464 g/mol. The van der Waals surface area contributed by atoms with E-state index in [-0.39, 0.29) is 4.79 Å². The minimum Gasteiger partial charge on any atom is -0.456 e. The van der Waals surface area contributed by atoms with Crippen LogP contribution in [0.15, 0.2) is 41.5 Å². The van der Waals surface area contributed by atoms with Crippen LogP contribution in [0.3, 0.4) is 0 Å². The van der Waals surface area contributed by atoms with Crippen LogP contribution < -0.4 is 4.90 Å². The highest BCUT2D eigenvalue weighted by molar-refractivity contribution is 7.43. The Morgan fingerprint density at radius 1 is 0.862 bits per heavy atom. The van der Waals surface area contributed by atoms with E-state index in [0.717, 1.165) is 0 Å². The van der Waals surface area contributed by atoms with Crippen molar-refractivity contribution in [1.29, 1.82) is 0 Å². The first-order valence-electron chi connectivity index (χ1n) is 11.1. The van der Waals surface area contributed by atoms with Crippen molar-refractivity contribution in [1.82, 2.24) is 0 Å². The molecule has 0 spiro atoms. The van der Waals surface area contributed by atoms with E-state index in [0.29, 0.717) is 0 Å². The maximum absolute atomic E-state index is 7.63. The number of anilines is 1. The minimum atomic E-state index is -2.16. The molecule has 2 atom stereocenters. The molecule has 164 valence electrons. The molecule has 2 rings (SSSR count). The van der Waals surface area contributed by atoms with Gasteiger partial charge in [-0.3, -0.25) is 0 Å². The lowest BCUT2D eigenvalue weighted by molar-refractivity contribution is 0.488. The molecule has 1 heterocycles. The summed E-state index contributed by atoms with van der Waals surface area (Å²) in [6, 6.07) is 12.4.